The summed E-state index contributed by atoms with van der Waals surface area (Å²) in [5.41, 5.74) is 1.22. The van der Waals surface area contributed by atoms with Crippen LogP contribution < -0.4 is 5.32 Å². The minimum Gasteiger partial charge on any atom is -0.468 e. The monoisotopic (exact) mass is 263 g/mol. The Bertz CT molecular complexity index is 467. The molecule has 0 saturated heterocycles. The van der Waals surface area contributed by atoms with Gasteiger partial charge >= 0.3 is 0 Å². The average Bonchev–Trinajstić information content (AvgIpc) is 2.88. The molecule has 1 atom stereocenters. The maximum absolute atomic E-state index is 6.01. The standard InChI is InChI=1S/C15H18ClNO/c1-2-8-17-14(15-7-4-9-18-15)11-12-5-3-6-13(16)10-12/h3-7,9-10,14,17H,2,8,11H2,1H3. The van der Waals surface area contributed by atoms with E-state index in [2.05, 4.69) is 18.3 Å². The summed E-state index contributed by atoms with van der Waals surface area (Å²) in [6, 6.07) is 12.1. The lowest BCUT2D eigenvalue weighted by Crippen LogP contribution is -2.23. The van der Waals surface area contributed by atoms with Crippen molar-refractivity contribution < 1.29 is 4.42 Å². The van der Waals surface area contributed by atoms with Crippen LogP contribution in [0.25, 0.3) is 0 Å². The summed E-state index contributed by atoms with van der Waals surface area (Å²) in [4.78, 5) is 0. The molecule has 1 aromatic heterocycles. The van der Waals surface area contributed by atoms with Gasteiger partial charge in [0.2, 0.25) is 0 Å². The molecule has 3 heteroatoms. The van der Waals surface area contributed by atoms with Crippen LogP contribution in [0.3, 0.4) is 0 Å². The molecule has 0 aliphatic heterocycles. The van der Waals surface area contributed by atoms with Gasteiger partial charge in [0.05, 0.1) is 12.3 Å². The number of benzene rings is 1. The van der Waals surface area contributed by atoms with Crippen molar-refractivity contribution in [3.05, 3.63) is 59.0 Å². The Balaban J connectivity index is 2.10. The van der Waals surface area contributed by atoms with Gasteiger partial charge in [-0.3, -0.25) is 0 Å². The van der Waals surface area contributed by atoms with E-state index in [-0.39, 0.29) is 6.04 Å². The van der Waals surface area contributed by atoms with Crippen LogP contribution in [-0.4, -0.2) is 6.54 Å². The largest absolute Gasteiger partial charge is 0.468 e. The van der Waals surface area contributed by atoms with Crippen LogP contribution in [0.5, 0.6) is 0 Å². The Labute approximate surface area is 113 Å². The zero-order valence-corrected chi connectivity index (χ0v) is 11.3. The van der Waals surface area contributed by atoms with Crippen LogP contribution in [-0.2, 0) is 6.42 Å². The molecule has 1 heterocycles. The summed E-state index contributed by atoms with van der Waals surface area (Å²) >= 11 is 6.01. The lowest BCUT2D eigenvalue weighted by Gasteiger charge is -2.16. The third kappa shape index (κ3) is 3.62. The van der Waals surface area contributed by atoms with Crippen molar-refractivity contribution in [1.29, 1.82) is 0 Å². The van der Waals surface area contributed by atoms with Crippen molar-refractivity contribution in [3.8, 4) is 0 Å². The number of hydrogen-bond donors (Lipinski definition) is 1. The Kier molecular flexibility index (Phi) is 4.85. The highest BCUT2D eigenvalue weighted by Gasteiger charge is 2.14. The third-order valence-electron chi connectivity index (χ3n) is 2.86. The lowest BCUT2D eigenvalue weighted by atomic mass is 10.0. The molecule has 2 rings (SSSR count). The maximum atomic E-state index is 6.01. The maximum Gasteiger partial charge on any atom is 0.121 e. The summed E-state index contributed by atoms with van der Waals surface area (Å²) in [7, 11) is 0. The van der Waals surface area contributed by atoms with Gasteiger partial charge in [-0.2, -0.15) is 0 Å². The van der Waals surface area contributed by atoms with Crippen LogP contribution in [0.2, 0.25) is 5.02 Å². The molecule has 1 aromatic carbocycles. The van der Waals surface area contributed by atoms with Gasteiger partial charge in [0.15, 0.2) is 0 Å². The predicted molar refractivity (Wildman–Crippen MR) is 74.9 cm³/mol. The lowest BCUT2D eigenvalue weighted by molar-refractivity contribution is 0.410. The smallest absolute Gasteiger partial charge is 0.121 e. The van der Waals surface area contributed by atoms with Crippen molar-refractivity contribution in [2.75, 3.05) is 6.54 Å². The van der Waals surface area contributed by atoms with Crippen LogP contribution in [0.1, 0.15) is 30.7 Å². The third-order valence-corrected chi connectivity index (χ3v) is 3.09. The highest BCUT2D eigenvalue weighted by Crippen LogP contribution is 2.20. The number of rotatable bonds is 6. The first kappa shape index (κ1) is 13.2. The number of hydrogen-bond acceptors (Lipinski definition) is 2. The molecular weight excluding hydrogens is 246 g/mol. The second-order valence-electron chi connectivity index (χ2n) is 4.36. The normalized spacial score (nSPS) is 12.6. The minimum absolute atomic E-state index is 0.207. The van der Waals surface area contributed by atoms with Crippen molar-refractivity contribution in [1.82, 2.24) is 5.32 Å². The van der Waals surface area contributed by atoms with Crippen LogP contribution in [0, 0.1) is 0 Å². The summed E-state index contributed by atoms with van der Waals surface area (Å²) in [6.45, 7) is 3.14. The van der Waals surface area contributed by atoms with E-state index in [0.29, 0.717) is 0 Å². The topological polar surface area (TPSA) is 25.2 Å². The number of nitrogens with one attached hydrogen (secondary N) is 1. The van der Waals surface area contributed by atoms with Gasteiger partial charge in [-0.25, -0.2) is 0 Å². The zero-order chi connectivity index (χ0) is 12.8. The molecule has 1 unspecified atom stereocenters. The predicted octanol–water partition coefficient (Wildman–Crippen LogP) is 4.22. The Morgan fingerprint density at radius 2 is 2.17 bits per heavy atom. The first-order chi connectivity index (χ1) is 8.79. The molecule has 0 spiro atoms. The summed E-state index contributed by atoms with van der Waals surface area (Å²) in [5, 5.41) is 4.28. The van der Waals surface area contributed by atoms with Gasteiger partial charge in [-0.05, 0) is 49.2 Å². The molecule has 0 aliphatic carbocycles. The van der Waals surface area contributed by atoms with Crippen molar-refractivity contribution in [2.45, 2.75) is 25.8 Å². The zero-order valence-electron chi connectivity index (χ0n) is 10.5. The molecule has 0 saturated carbocycles. The van der Waals surface area contributed by atoms with Crippen molar-refractivity contribution in [3.63, 3.8) is 0 Å². The Morgan fingerprint density at radius 1 is 1.28 bits per heavy atom. The van der Waals surface area contributed by atoms with E-state index in [1.54, 1.807) is 6.26 Å². The Morgan fingerprint density at radius 3 is 2.83 bits per heavy atom. The summed E-state index contributed by atoms with van der Waals surface area (Å²) in [6.07, 6.45) is 3.70. The van der Waals surface area contributed by atoms with Crippen LogP contribution in [0.4, 0.5) is 0 Å². The Hall–Kier alpha value is -1.25. The van der Waals surface area contributed by atoms with E-state index in [1.165, 1.54) is 5.56 Å². The van der Waals surface area contributed by atoms with E-state index in [1.807, 2.05) is 30.3 Å². The average molecular weight is 264 g/mol. The molecule has 2 aromatic rings. The molecule has 0 amide bonds. The summed E-state index contributed by atoms with van der Waals surface area (Å²) in [5.74, 6) is 0.975. The first-order valence-electron chi connectivity index (χ1n) is 6.31. The van der Waals surface area contributed by atoms with Gasteiger partial charge in [-0.1, -0.05) is 30.7 Å². The molecule has 0 aliphatic rings. The number of furan rings is 1. The molecule has 18 heavy (non-hydrogen) atoms. The first-order valence-corrected chi connectivity index (χ1v) is 6.68. The second kappa shape index (κ2) is 6.62. The minimum atomic E-state index is 0.207. The highest BCUT2D eigenvalue weighted by atomic mass is 35.5. The molecule has 96 valence electrons. The second-order valence-corrected chi connectivity index (χ2v) is 4.79. The van der Waals surface area contributed by atoms with E-state index >= 15 is 0 Å². The van der Waals surface area contributed by atoms with E-state index < -0.39 is 0 Å². The van der Waals surface area contributed by atoms with Crippen LogP contribution in [0.15, 0.2) is 47.1 Å². The van der Waals surface area contributed by atoms with Crippen molar-refractivity contribution in [2.24, 2.45) is 0 Å². The molecular formula is C15H18ClNO. The van der Waals surface area contributed by atoms with Crippen molar-refractivity contribution >= 4 is 11.6 Å². The molecule has 0 bridgehead atoms. The fraction of sp³-hybridized carbons (Fsp3) is 0.333. The fourth-order valence-electron chi connectivity index (χ4n) is 1.98. The van der Waals surface area contributed by atoms with Gasteiger partial charge in [0.25, 0.3) is 0 Å². The number of halogens is 1. The quantitative estimate of drug-likeness (QED) is 0.844. The van der Waals surface area contributed by atoms with E-state index in [0.717, 1.165) is 30.2 Å². The van der Waals surface area contributed by atoms with Gasteiger partial charge in [-0.15, -0.1) is 0 Å². The van der Waals surface area contributed by atoms with E-state index in [9.17, 15) is 0 Å². The molecule has 0 fully saturated rings. The molecule has 0 radical (unpaired) electrons. The van der Waals surface area contributed by atoms with Gasteiger partial charge in [0.1, 0.15) is 5.76 Å². The van der Waals surface area contributed by atoms with E-state index in [4.69, 9.17) is 16.0 Å². The SMILES string of the molecule is CCCNC(Cc1cccc(Cl)c1)c1ccco1. The molecule has 1 N–H and O–H groups in total. The van der Waals surface area contributed by atoms with Gasteiger partial charge < -0.3 is 9.73 Å². The fourth-order valence-corrected chi connectivity index (χ4v) is 2.19. The van der Waals surface area contributed by atoms with Gasteiger partial charge in [0, 0.05) is 5.02 Å². The summed E-state index contributed by atoms with van der Waals surface area (Å²) < 4.78 is 5.50. The van der Waals surface area contributed by atoms with Crippen LogP contribution >= 0.6 is 11.6 Å². The highest BCUT2D eigenvalue weighted by molar-refractivity contribution is 6.30. The molecule has 2 nitrogen and oxygen atoms in total.